The number of likely N-dealkylation sites (N-methyl/N-ethyl adjacent to an activating group) is 1. The van der Waals surface area contributed by atoms with Crippen molar-refractivity contribution in [2.75, 3.05) is 26.7 Å². The third kappa shape index (κ3) is 5.32. The van der Waals surface area contributed by atoms with E-state index < -0.39 is 12.0 Å². The number of aliphatic carboxylic acids is 1. The molecule has 0 bridgehead atoms. The molecule has 2 atom stereocenters. The van der Waals surface area contributed by atoms with Crippen molar-refractivity contribution in [2.24, 2.45) is 0 Å². The maximum atomic E-state index is 12.8. The lowest BCUT2D eigenvalue weighted by molar-refractivity contribution is -0.144. The fourth-order valence-electron chi connectivity index (χ4n) is 2.84. The van der Waals surface area contributed by atoms with Gasteiger partial charge in [-0.2, -0.15) is 0 Å². The number of nitrogens with one attached hydrogen (secondary N) is 1. The number of furan rings is 1. The van der Waals surface area contributed by atoms with Crippen LogP contribution in [0, 0.1) is 0 Å². The molecule has 152 valence electrons. The van der Waals surface area contributed by atoms with Gasteiger partial charge in [-0.25, -0.2) is 0 Å². The summed E-state index contributed by atoms with van der Waals surface area (Å²) in [5, 5.41) is 12.9. The molecule has 2 N–H and O–H groups in total. The van der Waals surface area contributed by atoms with Gasteiger partial charge in [-0.1, -0.05) is 18.2 Å². The number of carboxylic acid groups (broad SMARTS) is 1. The van der Waals surface area contributed by atoms with Gasteiger partial charge in [0, 0.05) is 32.4 Å². The number of rotatable bonds is 9. The molecule has 0 aliphatic heterocycles. The van der Waals surface area contributed by atoms with E-state index in [-0.39, 0.29) is 37.5 Å². The van der Waals surface area contributed by atoms with Crippen LogP contribution >= 0.6 is 0 Å². The highest BCUT2D eigenvalue weighted by Crippen LogP contribution is 2.26. The Bertz CT molecular complexity index is 814. The number of carboxylic acids is 1. The number of para-hydroxylation sites is 1. The number of amides is 2. The van der Waals surface area contributed by atoms with Crippen LogP contribution in [0.15, 0.2) is 34.7 Å². The van der Waals surface area contributed by atoms with Gasteiger partial charge in [-0.05, 0) is 26.0 Å². The van der Waals surface area contributed by atoms with Gasteiger partial charge in [-0.3, -0.25) is 19.3 Å². The molecule has 8 heteroatoms. The quantitative estimate of drug-likeness (QED) is 0.679. The molecule has 0 fully saturated rings. The molecule has 0 radical (unpaired) electrons. The van der Waals surface area contributed by atoms with Crippen molar-refractivity contribution < 1.29 is 23.9 Å². The van der Waals surface area contributed by atoms with Gasteiger partial charge in [0.25, 0.3) is 0 Å². The van der Waals surface area contributed by atoms with Crippen LogP contribution in [-0.4, -0.2) is 65.4 Å². The average Bonchev–Trinajstić information content (AvgIpc) is 3.09. The van der Waals surface area contributed by atoms with Crippen LogP contribution in [0.25, 0.3) is 11.0 Å². The Kier molecular flexibility index (Phi) is 7.17. The zero-order valence-electron chi connectivity index (χ0n) is 16.6. The molecule has 0 aliphatic carbocycles. The van der Waals surface area contributed by atoms with E-state index >= 15 is 0 Å². The van der Waals surface area contributed by atoms with Crippen molar-refractivity contribution in [1.29, 1.82) is 0 Å². The van der Waals surface area contributed by atoms with Crippen LogP contribution < -0.4 is 5.32 Å². The summed E-state index contributed by atoms with van der Waals surface area (Å²) >= 11 is 0. The molecular weight excluding hydrogens is 362 g/mol. The number of fused-ring (bicyclic) bond motifs is 1. The smallest absolute Gasteiger partial charge is 0.320 e. The summed E-state index contributed by atoms with van der Waals surface area (Å²) in [6, 6.07) is 8.35. The molecular formula is C20H27N3O5. The lowest BCUT2D eigenvalue weighted by Crippen LogP contribution is -2.48. The van der Waals surface area contributed by atoms with Gasteiger partial charge < -0.3 is 19.7 Å². The minimum atomic E-state index is -1.02. The van der Waals surface area contributed by atoms with Crippen LogP contribution in [0.4, 0.5) is 0 Å². The van der Waals surface area contributed by atoms with Crippen molar-refractivity contribution in [2.45, 2.75) is 32.9 Å². The molecule has 1 aromatic heterocycles. The number of benzene rings is 1. The third-order valence-electron chi connectivity index (χ3n) is 4.85. The molecule has 2 rings (SSSR count). The van der Waals surface area contributed by atoms with E-state index in [1.807, 2.05) is 37.3 Å². The minimum Gasteiger partial charge on any atom is -0.480 e. The standard InChI is InChI=1S/C20H27N3O5/c1-13(18-11-16-7-5-6-8-17(16)28-18)22(4)19(25)12-23(14(2)20(26)27)10-9-21-15(3)24/h5-8,11,13-14H,9-10,12H2,1-4H3,(H,21,24)(H,26,27). The van der Waals surface area contributed by atoms with Crippen LogP contribution in [-0.2, 0) is 14.4 Å². The van der Waals surface area contributed by atoms with E-state index in [2.05, 4.69) is 5.32 Å². The van der Waals surface area contributed by atoms with E-state index in [1.165, 1.54) is 23.6 Å². The van der Waals surface area contributed by atoms with E-state index in [0.29, 0.717) is 5.76 Å². The molecule has 1 heterocycles. The average molecular weight is 389 g/mol. The number of carbonyl (C=O) groups is 3. The second-order valence-corrected chi connectivity index (χ2v) is 6.83. The highest BCUT2D eigenvalue weighted by atomic mass is 16.4. The third-order valence-corrected chi connectivity index (χ3v) is 4.85. The lowest BCUT2D eigenvalue weighted by Gasteiger charge is -2.30. The van der Waals surface area contributed by atoms with Gasteiger partial charge in [0.2, 0.25) is 11.8 Å². The second kappa shape index (κ2) is 9.36. The number of hydrogen-bond acceptors (Lipinski definition) is 5. The van der Waals surface area contributed by atoms with Crippen molar-refractivity contribution in [3.8, 4) is 0 Å². The first-order chi connectivity index (χ1) is 13.2. The van der Waals surface area contributed by atoms with Gasteiger partial charge in [0.05, 0.1) is 12.6 Å². The Morgan fingerprint density at radius 1 is 1.21 bits per heavy atom. The number of carbonyl (C=O) groups excluding carboxylic acids is 2. The summed E-state index contributed by atoms with van der Waals surface area (Å²) in [5.74, 6) is -0.800. The highest BCUT2D eigenvalue weighted by molar-refractivity contribution is 5.81. The minimum absolute atomic E-state index is 0.0753. The summed E-state index contributed by atoms with van der Waals surface area (Å²) < 4.78 is 5.83. The predicted molar refractivity (Wildman–Crippen MR) is 105 cm³/mol. The van der Waals surface area contributed by atoms with Crippen molar-refractivity contribution in [3.05, 3.63) is 36.1 Å². The Labute approximate surface area is 164 Å². The zero-order valence-corrected chi connectivity index (χ0v) is 16.6. The number of nitrogens with zero attached hydrogens (tertiary/aromatic N) is 2. The van der Waals surface area contributed by atoms with E-state index in [4.69, 9.17) is 4.42 Å². The molecule has 2 aromatic rings. The van der Waals surface area contributed by atoms with Gasteiger partial charge in [0.15, 0.2) is 0 Å². The molecule has 0 saturated carbocycles. The van der Waals surface area contributed by atoms with E-state index in [1.54, 1.807) is 7.05 Å². The van der Waals surface area contributed by atoms with Crippen LogP contribution in [0.2, 0.25) is 0 Å². The molecule has 28 heavy (non-hydrogen) atoms. The van der Waals surface area contributed by atoms with Crippen LogP contribution in [0.5, 0.6) is 0 Å². The molecule has 8 nitrogen and oxygen atoms in total. The summed E-state index contributed by atoms with van der Waals surface area (Å²) in [6.45, 7) is 5.21. The molecule has 1 aromatic carbocycles. The van der Waals surface area contributed by atoms with Crippen molar-refractivity contribution >= 4 is 28.8 Å². The normalized spacial score (nSPS) is 13.3. The van der Waals surface area contributed by atoms with Gasteiger partial charge in [0.1, 0.15) is 17.4 Å². The SMILES string of the molecule is CC(=O)NCCN(CC(=O)N(C)C(C)c1cc2ccccc2o1)C(C)C(=O)O. The second-order valence-electron chi connectivity index (χ2n) is 6.83. The highest BCUT2D eigenvalue weighted by Gasteiger charge is 2.27. The molecule has 2 unspecified atom stereocenters. The predicted octanol–water partition coefficient (Wildman–Crippen LogP) is 1.86. The Hall–Kier alpha value is -2.87. The topological polar surface area (TPSA) is 103 Å². The summed E-state index contributed by atoms with van der Waals surface area (Å²) in [5.41, 5.74) is 0.752. The maximum Gasteiger partial charge on any atom is 0.320 e. The number of hydrogen-bond donors (Lipinski definition) is 2. The maximum absolute atomic E-state index is 12.8. The zero-order chi connectivity index (χ0) is 20.8. The summed E-state index contributed by atoms with van der Waals surface area (Å²) in [4.78, 5) is 38.3. The fraction of sp³-hybridized carbons (Fsp3) is 0.450. The molecule has 0 spiro atoms. The first-order valence-electron chi connectivity index (χ1n) is 9.16. The van der Waals surface area contributed by atoms with Crippen LogP contribution in [0.1, 0.15) is 32.6 Å². The first kappa shape index (κ1) is 21.4. The Morgan fingerprint density at radius 3 is 2.50 bits per heavy atom. The molecule has 2 amide bonds. The Morgan fingerprint density at radius 2 is 1.89 bits per heavy atom. The molecule has 0 saturated heterocycles. The summed E-state index contributed by atoms with van der Waals surface area (Å²) in [7, 11) is 1.66. The monoisotopic (exact) mass is 389 g/mol. The van der Waals surface area contributed by atoms with Gasteiger partial charge in [-0.15, -0.1) is 0 Å². The lowest BCUT2D eigenvalue weighted by atomic mass is 10.2. The van der Waals surface area contributed by atoms with E-state index in [9.17, 15) is 19.5 Å². The van der Waals surface area contributed by atoms with Crippen molar-refractivity contribution in [3.63, 3.8) is 0 Å². The van der Waals surface area contributed by atoms with Crippen LogP contribution in [0.3, 0.4) is 0 Å². The molecule has 0 aliphatic rings. The van der Waals surface area contributed by atoms with Gasteiger partial charge >= 0.3 is 5.97 Å². The fourth-order valence-corrected chi connectivity index (χ4v) is 2.84. The van der Waals surface area contributed by atoms with E-state index in [0.717, 1.165) is 11.0 Å². The Balaban J connectivity index is 2.07. The largest absolute Gasteiger partial charge is 0.480 e. The first-order valence-corrected chi connectivity index (χ1v) is 9.16. The van der Waals surface area contributed by atoms with Crippen molar-refractivity contribution in [1.82, 2.24) is 15.1 Å². The summed E-state index contributed by atoms with van der Waals surface area (Å²) in [6.07, 6.45) is 0.